The number of aliphatic hydroxyl groups excluding tert-OH is 1. The molecule has 1 saturated carbocycles. The molecule has 7 nitrogen and oxygen atoms in total. The van der Waals surface area contributed by atoms with Gasteiger partial charge in [0.2, 0.25) is 11.7 Å². The van der Waals surface area contributed by atoms with E-state index >= 15 is 0 Å². The first-order valence-corrected chi connectivity index (χ1v) is 11.3. The van der Waals surface area contributed by atoms with Crippen LogP contribution in [-0.2, 0) is 11.2 Å². The summed E-state index contributed by atoms with van der Waals surface area (Å²) in [6, 6.07) is 13.9. The lowest BCUT2D eigenvalue weighted by atomic mass is 10.0. The van der Waals surface area contributed by atoms with Gasteiger partial charge in [0.1, 0.15) is 5.75 Å². The highest BCUT2D eigenvalue weighted by Crippen LogP contribution is 2.49. The van der Waals surface area contributed by atoms with Crippen molar-refractivity contribution >= 4 is 5.91 Å². The number of carbonyl (C=O) groups is 1. The van der Waals surface area contributed by atoms with E-state index in [1.807, 2.05) is 41.3 Å². The van der Waals surface area contributed by atoms with Crippen molar-refractivity contribution in [3.05, 3.63) is 53.6 Å². The van der Waals surface area contributed by atoms with Gasteiger partial charge >= 0.3 is 0 Å². The summed E-state index contributed by atoms with van der Waals surface area (Å²) in [4.78, 5) is 18.9. The zero-order valence-electron chi connectivity index (χ0n) is 17.7. The van der Waals surface area contributed by atoms with Crippen LogP contribution in [0.25, 0.3) is 22.8 Å². The molecule has 7 heteroatoms. The van der Waals surface area contributed by atoms with Gasteiger partial charge in [-0.05, 0) is 66.5 Å². The number of carbonyl (C=O) groups excluding carboxylic acids is 1. The van der Waals surface area contributed by atoms with Gasteiger partial charge in [-0.25, -0.2) is 0 Å². The van der Waals surface area contributed by atoms with Crippen molar-refractivity contribution in [2.24, 2.45) is 11.8 Å². The molecule has 2 aliphatic carbocycles. The molecule has 1 N–H and O–H groups in total. The number of ether oxygens (including phenoxy) is 1. The summed E-state index contributed by atoms with van der Waals surface area (Å²) in [6.07, 6.45) is 3.86. The van der Waals surface area contributed by atoms with E-state index in [9.17, 15) is 9.90 Å². The fraction of sp³-hybridized carbons (Fsp3) is 0.400. The molecule has 0 unspecified atom stereocenters. The second-order valence-electron chi connectivity index (χ2n) is 9.00. The lowest BCUT2D eigenvalue weighted by Crippen LogP contribution is -2.30. The predicted molar refractivity (Wildman–Crippen MR) is 117 cm³/mol. The standard InChI is InChI=1S/C25H25N3O4/c29-11-10-28-22(30)13-17-12-21-19(23(17)28)2-1-3-20(21)24-26-25(32-27-24)16-6-8-18(9-7-16)31-14-15-4-5-15/h1-3,6-9,15,17,23,29H,4-5,10-14H2/t17-,23+/m1/s1. The SMILES string of the molecule is O=C1C[C@H]2Cc3c(-c4noc(-c5ccc(OCC6CC6)cc5)n4)cccc3[C@H]2N1CCO. The summed E-state index contributed by atoms with van der Waals surface area (Å²) in [7, 11) is 0. The van der Waals surface area contributed by atoms with Crippen LogP contribution < -0.4 is 4.74 Å². The Labute approximate surface area is 186 Å². The normalized spacial score (nSPS) is 21.7. The van der Waals surface area contributed by atoms with Crippen LogP contribution in [0.2, 0.25) is 0 Å². The summed E-state index contributed by atoms with van der Waals surface area (Å²) >= 11 is 0. The fourth-order valence-electron chi connectivity index (χ4n) is 5.06. The Kier molecular flexibility index (Phi) is 4.72. The van der Waals surface area contributed by atoms with Crippen molar-refractivity contribution in [2.75, 3.05) is 19.8 Å². The van der Waals surface area contributed by atoms with Gasteiger partial charge in [-0.1, -0.05) is 23.4 Å². The molecule has 2 heterocycles. The lowest BCUT2D eigenvalue weighted by Gasteiger charge is -2.24. The van der Waals surface area contributed by atoms with Crippen molar-refractivity contribution in [1.82, 2.24) is 15.0 Å². The van der Waals surface area contributed by atoms with E-state index in [1.165, 1.54) is 18.4 Å². The molecule has 3 aromatic rings. The van der Waals surface area contributed by atoms with E-state index in [2.05, 4.69) is 16.2 Å². The second kappa shape index (κ2) is 7.74. The van der Waals surface area contributed by atoms with Crippen LogP contribution in [0.4, 0.5) is 0 Å². The van der Waals surface area contributed by atoms with E-state index in [4.69, 9.17) is 9.26 Å². The van der Waals surface area contributed by atoms with Crippen LogP contribution >= 0.6 is 0 Å². The Morgan fingerprint density at radius 1 is 1.12 bits per heavy atom. The maximum Gasteiger partial charge on any atom is 0.258 e. The molecule has 1 aromatic heterocycles. The molecule has 1 aliphatic heterocycles. The number of nitrogens with zero attached hydrogens (tertiary/aromatic N) is 3. The van der Waals surface area contributed by atoms with E-state index in [-0.39, 0.29) is 24.5 Å². The molecule has 6 rings (SSSR count). The Hall–Kier alpha value is -3.19. The molecule has 0 bridgehead atoms. The minimum atomic E-state index is -0.0252. The maximum absolute atomic E-state index is 12.4. The average molecular weight is 431 g/mol. The van der Waals surface area contributed by atoms with Crippen molar-refractivity contribution in [1.29, 1.82) is 0 Å². The third-order valence-electron chi connectivity index (χ3n) is 6.83. The molecule has 0 radical (unpaired) electrons. The minimum absolute atomic E-state index is 0.0252. The van der Waals surface area contributed by atoms with Crippen molar-refractivity contribution < 1.29 is 19.2 Å². The monoisotopic (exact) mass is 431 g/mol. The van der Waals surface area contributed by atoms with Crippen LogP contribution in [0, 0.1) is 11.8 Å². The van der Waals surface area contributed by atoms with Crippen LogP contribution in [0.1, 0.15) is 36.4 Å². The number of amides is 1. The fourth-order valence-corrected chi connectivity index (χ4v) is 5.06. The van der Waals surface area contributed by atoms with Gasteiger partial charge in [-0.3, -0.25) is 4.79 Å². The molecule has 3 aliphatic rings. The number of hydrogen-bond acceptors (Lipinski definition) is 6. The summed E-state index contributed by atoms with van der Waals surface area (Å²) in [6.45, 7) is 1.13. The molecule has 1 saturated heterocycles. The summed E-state index contributed by atoms with van der Waals surface area (Å²) < 4.78 is 11.4. The number of aromatic nitrogens is 2. The molecule has 0 spiro atoms. The maximum atomic E-state index is 12.4. The van der Waals surface area contributed by atoms with E-state index in [0.29, 0.717) is 30.6 Å². The molecular formula is C25H25N3O4. The number of rotatable bonds is 7. The Morgan fingerprint density at radius 3 is 2.75 bits per heavy atom. The largest absolute Gasteiger partial charge is 0.493 e. The molecule has 2 aromatic carbocycles. The molecule has 2 fully saturated rings. The third-order valence-corrected chi connectivity index (χ3v) is 6.83. The number of likely N-dealkylation sites (tertiary alicyclic amines) is 1. The first kappa shape index (κ1) is 19.5. The smallest absolute Gasteiger partial charge is 0.258 e. The van der Waals surface area contributed by atoms with Gasteiger partial charge < -0.3 is 19.3 Å². The number of benzene rings is 2. The topological polar surface area (TPSA) is 88.7 Å². The summed E-state index contributed by atoms with van der Waals surface area (Å²) in [5.41, 5.74) is 4.11. The van der Waals surface area contributed by atoms with Crippen LogP contribution in [0.15, 0.2) is 47.0 Å². The molecule has 164 valence electrons. The van der Waals surface area contributed by atoms with Gasteiger partial charge in [-0.2, -0.15) is 4.98 Å². The Balaban J connectivity index is 1.26. The molecule has 2 atom stereocenters. The average Bonchev–Trinajstić information content (AvgIpc) is 3.25. The number of fused-ring (bicyclic) bond motifs is 3. The second-order valence-corrected chi connectivity index (χ2v) is 9.00. The first-order chi connectivity index (χ1) is 15.7. The Bertz CT molecular complexity index is 1150. The molecule has 1 amide bonds. The predicted octanol–water partition coefficient (Wildman–Crippen LogP) is 3.63. The van der Waals surface area contributed by atoms with Crippen LogP contribution in [0.5, 0.6) is 5.75 Å². The zero-order chi connectivity index (χ0) is 21.7. The summed E-state index contributed by atoms with van der Waals surface area (Å²) in [5.74, 6) is 2.97. The van der Waals surface area contributed by atoms with Crippen molar-refractivity contribution in [2.45, 2.75) is 31.7 Å². The van der Waals surface area contributed by atoms with E-state index < -0.39 is 0 Å². The lowest BCUT2D eigenvalue weighted by molar-refractivity contribution is -0.129. The number of aliphatic hydroxyl groups is 1. The van der Waals surface area contributed by atoms with Crippen molar-refractivity contribution in [3.63, 3.8) is 0 Å². The zero-order valence-corrected chi connectivity index (χ0v) is 17.7. The highest BCUT2D eigenvalue weighted by atomic mass is 16.5. The summed E-state index contributed by atoms with van der Waals surface area (Å²) in [5, 5.41) is 13.7. The van der Waals surface area contributed by atoms with Gasteiger partial charge in [0.05, 0.1) is 19.3 Å². The van der Waals surface area contributed by atoms with Crippen LogP contribution in [0.3, 0.4) is 0 Å². The first-order valence-electron chi connectivity index (χ1n) is 11.3. The van der Waals surface area contributed by atoms with E-state index in [1.54, 1.807) is 0 Å². The Morgan fingerprint density at radius 2 is 1.97 bits per heavy atom. The van der Waals surface area contributed by atoms with E-state index in [0.717, 1.165) is 35.5 Å². The van der Waals surface area contributed by atoms with Crippen molar-refractivity contribution in [3.8, 4) is 28.6 Å². The van der Waals surface area contributed by atoms with Gasteiger partial charge in [0.25, 0.3) is 5.89 Å². The highest BCUT2D eigenvalue weighted by Gasteiger charge is 2.46. The molecular weight excluding hydrogens is 406 g/mol. The van der Waals surface area contributed by atoms with Gasteiger partial charge in [0.15, 0.2) is 0 Å². The minimum Gasteiger partial charge on any atom is -0.493 e. The number of hydrogen-bond donors (Lipinski definition) is 1. The van der Waals surface area contributed by atoms with Gasteiger partial charge in [0, 0.05) is 24.1 Å². The molecule has 32 heavy (non-hydrogen) atoms. The quantitative estimate of drug-likeness (QED) is 0.615. The van der Waals surface area contributed by atoms with Crippen LogP contribution in [-0.4, -0.2) is 45.8 Å². The third kappa shape index (κ3) is 3.37. The number of β-amino-alcohol motifs (C(OH)–C–C–N with tert-alkyl or cyclic N) is 1. The van der Waals surface area contributed by atoms with Gasteiger partial charge in [-0.15, -0.1) is 0 Å². The highest BCUT2D eigenvalue weighted by molar-refractivity contribution is 5.81.